The van der Waals surface area contributed by atoms with Crippen molar-refractivity contribution in [2.24, 2.45) is 5.92 Å². The molecule has 0 spiro atoms. The Hall–Kier alpha value is -3.76. The summed E-state index contributed by atoms with van der Waals surface area (Å²) in [6.45, 7) is 2.86. The molecule has 1 aromatic carbocycles. The largest absolute Gasteiger partial charge is 0.501 e. The van der Waals surface area contributed by atoms with Crippen molar-refractivity contribution in [1.82, 2.24) is 25.1 Å². The molecular weight excluding hydrogens is 493 g/mol. The molecule has 3 aliphatic heterocycles. The summed E-state index contributed by atoms with van der Waals surface area (Å²) in [5.41, 5.74) is -1.69. The van der Waals surface area contributed by atoms with Gasteiger partial charge in [0.1, 0.15) is 11.6 Å². The van der Waals surface area contributed by atoms with E-state index in [2.05, 4.69) is 15.6 Å². The number of nitrogens with zero attached hydrogens (tertiary/aromatic N) is 3. The van der Waals surface area contributed by atoms with E-state index in [1.54, 1.807) is 4.90 Å². The summed E-state index contributed by atoms with van der Waals surface area (Å²) in [5, 5.41) is 16.2. The van der Waals surface area contributed by atoms with E-state index >= 15 is 0 Å². The number of likely N-dealkylation sites (tertiary alicyclic amines) is 1. The summed E-state index contributed by atoms with van der Waals surface area (Å²) in [4.78, 5) is 58.6. The average molecular weight is 526 g/mol. The van der Waals surface area contributed by atoms with Crippen molar-refractivity contribution >= 4 is 17.7 Å². The van der Waals surface area contributed by atoms with Crippen molar-refractivity contribution < 1.29 is 23.9 Å². The molecule has 38 heavy (non-hydrogen) atoms. The van der Waals surface area contributed by atoms with Gasteiger partial charge in [-0.25, -0.2) is 9.37 Å². The van der Waals surface area contributed by atoms with E-state index in [1.807, 2.05) is 6.92 Å². The minimum atomic E-state index is -1.11. The number of hydrogen-bond donors (Lipinski definition) is 3. The highest BCUT2D eigenvalue weighted by atomic mass is 19.1. The summed E-state index contributed by atoms with van der Waals surface area (Å²) in [6.07, 6.45) is 4.79. The molecular formula is C27H32FN5O5. The molecule has 1 saturated carbocycles. The molecule has 3 amide bonds. The van der Waals surface area contributed by atoms with Crippen LogP contribution in [0.3, 0.4) is 0 Å². The average Bonchev–Trinajstić information content (AvgIpc) is 3.28. The van der Waals surface area contributed by atoms with Gasteiger partial charge < -0.3 is 20.6 Å². The molecule has 10 nitrogen and oxygen atoms in total. The van der Waals surface area contributed by atoms with Crippen molar-refractivity contribution in [3.8, 4) is 5.75 Å². The number of amides is 3. The number of benzene rings is 1. The molecule has 1 unspecified atom stereocenters. The molecule has 3 N–H and O–H groups in total. The standard InChI is InChI=1S/C27H32FN5O5/c1-2-19-4-3-13-32(19)25(38)23(36)31-27-11-9-17(10-12-27)15-33-24(37)21(34)20(30-26(27)33)22(35)29-14-16-5-7-18(28)8-6-16/h5-8,17,19,34H,2-4,9-15H2,1H3,(H,29,35)(H,31,36). The van der Waals surface area contributed by atoms with Crippen LogP contribution in [0.1, 0.15) is 73.7 Å². The van der Waals surface area contributed by atoms with E-state index < -0.39 is 46.1 Å². The van der Waals surface area contributed by atoms with Crippen molar-refractivity contribution in [3.63, 3.8) is 0 Å². The Morgan fingerprint density at radius 2 is 1.87 bits per heavy atom. The highest BCUT2D eigenvalue weighted by molar-refractivity contribution is 6.35. The number of nitrogens with one attached hydrogen (secondary N) is 2. The summed E-state index contributed by atoms with van der Waals surface area (Å²) in [5.74, 6) is -2.96. The first-order valence-electron chi connectivity index (χ1n) is 13.2. The van der Waals surface area contributed by atoms with Gasteiger partial charge in [0, 0.05) is 25.7 Å². The second-order valence-electron chi connectivity index (χ2n) is 10.5. The van der Waals surface area contributed by atoms with Crippen LogP contribution in [-0.2, 0) is 28.2 Å². The van der Waals surface area contributed by atoms with Gasteiger partial charge >= 0.3 is 11.8 Å². The van der Waals surface area contributed by atoms with Gasteiger partial charge in [-0.2, -0.15) is 0 Å². The lowest BCUT2D eigenvalue weighted by Gasteiger charge is -2.37. The normalized spacial score (nSPS) is 24.0. The van der Waals surface area contributed by atoms with E-state index in [-0.39, 0.29) is 24.3 Å². The first-order chi connectivity index (χ1) is 18.2. The minimum absolute atomic E-state index is 0.0250. The van der Waals surface area contributed by atoms with Gasteiger partial charge in [0.2, 0.25) is 5.75 Å². The smallest absolute Gasteiger partial charge is 0.312 e. The van der Waals surface area contributed by atoms with Gasteiger partial charge in [-0.3, -0.25) is 23.7 Å². The minimum Gasteiger partial charge on any atom is -0.501 e. The van der Waals surface area contributed by atoms with Crippen LogP contribution in [-0.4, -0.2) is 49.9 Å². The number of rotatable bonds is 5. The predicted molar refractivity (Wildman–Crippen MR) is 135 cm³/mol. The van der Waals surface area contributed by atoms with Crippen LogP contribution in [0.4, 0.5) is 4.39 Å². The van der Waals surface area contributed by atoms with Gasteiger partial charge in [0.25, 0.3) is 11.5 Å². The summed E-state index contributed by atoms with van der Waals surface area (Å²) >= 11 is 0. The number of halogens is 1. The Morgan fingerprint density at radius 3 is 2.55 bits per heavy atom. The van der Waals surface area contributed by atoms with Crippen LogP contribution >= 0.6 is 0 Å². The van der Waals surface area contributed by atoms with E-state index in [4.69, 9.17) is 0 Å². The Labute approximate surface area is 219 Å². The molecule has 2 bridgehead atoms. The third-order valence-electron chi connectivity index (χ3n) is 8.21. The Morgan fingerprint density at radius 1 is 1.16 bits per heavy atom. The van der Waals surface area contributed by atoms with Gasteiger partial charge in [0.15, 0.2) is 5.69 Å². The quantitative estimate of drug-likeness (QED) is 0.511. The van der Waals surface area contributed by atoms with E-state index in [1.165, 1.54) is 28.8 Å². The molecule has 2 fully saturated rings. The number of carbonyl (C=O) groups is 3. The lowest BCUT2D eigenvalue weighted by Crippen LogP contribution is -2.55. The first kappa shape index (κ1) is 25.9. The van der Waals surface area contributed by atoms with Gasteiger partial charge in [-0.05, 0) is 68.6 Å². The van der Waals surface area contributed by atoms with Crippen LogP contribution < -0.4 is 16.2 Å². The summed E-state index contributed by atoms with van der Waals surface area (Å²) in [7, 11) is 0. The molecule has 1 atom stereocenters. The first-order valence-corrected chi connectivity index (χ1v) is 13.2. The number of aromatic hydroxyl groups is 1. The molecule has 1 aliphatic carbocycles. The fourth-order valence-electron chi connectivity index (χ4n) is 6.05. The maximum atomic E-state index is 13.2. The summed E-state index contributed by atoms with van der Waals surface area (Å²) in [6, 6.07) is 5.58. The molecule has 11 heteroatoms. The topological polar surface area (TPSA) is 134 Å². The van der Waals surface area contributed by atoms with Crippen LogP contribution in [0.15, 0.2) is 29.1 Å². The van der Waals surface area contributed by atoms with Crippen molar-refractivity contribution in [2.75, 3.05) is 6.54 Å². The SMILES string of the molecule is CCC1CCCN1C(=O)C(=O)NC12CCC(CC1)Cn1c2nc(C(=O)NCc2ccc(F)cc2)c(O)c1=O. The fourth-order valence-corrected chi connectivity index (χ4v) is 6.05. The van der Waals surface area contributed by atoms with E-state index in [0.717, 1.165) is 19.3 Å². The highest BCUT2D eigenvalue weighted by Crippen LogP contribution is 2.43. The second kappa shape index (κ2) is 10.2. The maximum Gasteiger partial charge on any atom is 0.312 e. The number of carbonyl (C=O) groups excluding carboxylic acids is 3. The second-order valence-corrected chi connectivity index (χ2v) is 10.5. The zero-order valence-corrected chi connectivity index (χ0v) is 21.3. The Bertz CT molecular complexity index is 1320. The molecule has 1 aromatic heterocycles. The number of fused-ring (bicyclic) bond motifs is 2. The highest BCUT2D eigenvalue weighted by Gasteiger charge is 2.47. The van der Waals surface area contributed by atoms with E-state index in [0.29, 0.717) is 44.3 Å². The van der Waals surface area contributed by atoms with Crippen molar-refractivity contribution in [1.29, 1.82) is 0 Å². The van der Waals surface area contributed by atoms with Gasteiger partial charge in [-0.1, -0.05) is 19.1 Å². The molecule has 202 valence electrons. The molecule has 4 aliphatic rings. The van der Waals surface area contributed by atoms with Crippen LogP contribution in [0, 0.1) is 11.7 Å². The zero-order chi connectivity index (χ0) is 27.0. The molecule has 1 saturated heterocycles. The van der Waals surface area contributed by atoms with E-state index in [9.17, 15) is 28.7 Å². The Balaban J connectivity index is 1.45. The van der Waals surface area contributed by atoms with Gasteiger partial charge in [0.05, 0.1) is 5.54 Å². The van der Waals surface area contributed by atoms with Crippen molar-refractivity contribution in [2.45, 2.75) is 76.5 Å². The number of hydrogen-bond acceptors (Lipinski definition) is 6. The lowest BCUT2D eigenvalue weighted by atomic mass is 9.77. The summed E-state index contributed by atoms with van der Waals surface area (Å²) < 4.78 is 14.5. The van der Waals surface area contributed by atoms with Crippen LogP contribution in [0.25, 0.3) is 0 Å². The monoisotopic (exact) mass is 525 g/mol. The third kappa shape index (κ3) is 4.65. The van der Waals surface area contributed by atoms with Crippen molar-refractivity contribution in [3.05, 3.63) is 57.5 Å². The number of aromatic nitrogens is 2. The van der Waals surface area contributed by atoms with Crippen LogP contribution in [0.2, 0.25) is 0 Å². The molecule has 6 rings (SSSR count). The zero-order valence-electron chi connectivity index (χ0n) is 21.3. The molecule has 0 radical (unpaired) electrons. The lowest BCUT2D eigenvalue weighted by molar-refractivity contribution is -0.147. The van der Waals surface area contributed by atoms with Crippen LogP contribution in [0.5, 0.6) is 5.75 Å². The fraction of sp³-hybridized carbons (Fsp3) is 0.519. The van der Waals surface area contributed by atoms with Gasteiger partial charge in [-0.15, -0.1) is 0 Å². The molecule has 4 heterocycles. The molecule has 2 aromatic rings. The predicted octanol–water partition coefficient (Wildman–Crippen LogP) is 1.93. The maximum absolute atomic E-state index is 13.2. The Kier molecular flexibility index (Phi) is 6.93. The third-order valence-corrected chi connectivity index (χ3v) is 8.21.